The first-order chi connectivity index (χ1) is 9.19. The lowest BCUT2D eigenvalue weighted by molar-refractivity contribution is -0.118. The van der Waals surface area contributed by atoms with Crippen molar-refractivity contribution >= 4 is 5.78 Å². The number of aryl methyl sites for hydroxylation is 2. The summed E-state index contributed by atoms with van der Waals surface area (Å²) in [5.74, 6) is 1.04. The van der Waals surface area contributed by atoms with Crippen molar-refractivity contribution in [2.45, 2.75) is 52.5 Å². The van der Waals surface area contributed by atoms with Crippen molar-refractivity contribution in [2.24, 2.45) is 5.92 Å². The minimum Gasteiger partial charge on any atom is -0.316 e. The second-order valence-electron chi connectivity index (χ2n) is 5.56. The summed E-state index contributed by atoms with van der Waals surface area (Å²) >= 11 is 0. The van der Waals surface area contributed by atoms with Gasteiger partial charge in [-0.25, -0.2) is 0 Å². The molecule has 1 aromatic rings. The maximum Gasteiger partial charge on any atom is 0.138 e. The van der Waals surface area contributed by atoms with E-state index in [0.717, 1.165) is 37.4 Å². The van der Waals surface area contributed by atoms with Crippen molar-refractivity contribution in [3.05, 3.63) is 17.5 Å². The monoisotopic (exact) mass is 263 g/mol. The molecule has 106 valence electrons. The van der Waals surface area contributed by atoms with Gasteiger partial charge in [0, 0.05) is 25.1 Å². The van der Waals surface area contributed by atoms with Crippen molar-refractivity contribution < 1.29 is 4.79 Å². The van der Waals surface area contributed by atoms with E-state index in [9.17, 15) is 4.79 Å². The smallest absolute Gasteiger partial charge is 0.138 e. The topological polar surface area (TPSA) is 46.9 Å². The predicted octanol–water partition coefficient (Wildman–Crippen LogP) is 2.10. The maximum absolute atomic E-state index is 12.1. The first-order valence-corrected chi connectivity index (χ1v) is 7.44. The van der Waals surface area contributed by atoms with E-state index in [2.05, 4.69) is 17.3 Å². The van der Waals surface area contributed by atoms with Crippen LogP contribution in [0.25, 0.3) is 0 Å². The van der Waals surface area contributed by atoms with Gasteiger partial charge in [-0.2, -0.15) is 5.10 Å². The number of Topliss-reactive ketones (excluding diaryl/α,β-unsaturated/α-hetero) is 1. The number of nitrogens with one attached hydrogen (secondary N) is 1. The third-order valence-corrected chi connectivity index (χ3v) is 3.89. The Morgan fingerprint density at radius 3 is 3.11 bits per heavy atom. The molecule has 0 bridgehead atoms. The van der Waals surface area contributed by atoms with Gasteiger partial charge in [0.25, 0.3) is 0 Å². The molecule has 1 atom stereocenters. The van der Waals surface area contributed by atoms with Crippen LogP contribution in [-0.4, -0.2) is 28.7 Å². The van der Waals surface area contributed by atoms with Crippen molar-refractivity contribution in [3.8, 4) is 0 Å². The lowest BCUT2D eigenvalue weighted by Crippen LogP contribution is -2.30. The number of nitrogens with zero attached hydrogens (tertiary/aromatic N) is 2. The zero-order valence-electron chi connectivity index (χ0n) is 12.1. The van der Waals surface area contributed by atoms with Gasteiger partial charge in [0.05, 0.1) is 5.69 Å². The Hall–Kier alpha value is -1.16. The van der Waals surface area contributed by atoms with Crippen LogP contribution in [0.15, 0.2) is 6.07 Å². The Morgan fingerprint density at radius 1 is 1.58 bits per heavy atom. The fraction of sp³-hybridized carbons (Fsp3) is 0.733. The molecule has 0 aromatic carbocycles. The zero-order chi connectivity index (χ0) is 13.7. The molecule has 1 saturated heterocycles. The quantitative estimate of drug-likeness (QED) is 0.855. The SMILES string of the molecule is CCn1nc(C)cc1CC(=O)CCC1CCCNC1. The Balaban J connectivity index is 1.80. The van der Waals surface area contributed by atoms with Gasteiger partial charge < -0.3 is 5.32 Å². The van der Waals surface area contributed by atoms with E-state index < -0.39 is 0 Å². The molecule has 0 radical (unpaired) electrons. The van der Waals surface area contributed by atoms with Crippen molar-refractivity contribution in [2.75, 3.05) is 13.1 Å². The van der Waals surface area contributed by atoms with E-state index in [1.165, 1.54) is 12.8 Å². The third-order valence-electron chi connectivity index (χ3n) is 3.89. The van der Waals surface area contributed by atoms with Crippen molar-refractivity contribution in [1.29, 1.82) is 0 Å². The van der Waals surface area contributed by atoms with E-state index in [1.54, 1.807) is 0 Å². The third kappa shape index (κ3) is 4.16. The Morgan fingerprint density at radius 2 is 2.42 bits per heavy atom. The predicted molar refractivity (Wildman–Crippen MR) is 76.2 cm³/mol. The van der Waals surface area contributed by atoms with Gasteiger partial charge in [-0.1, -0.05) is 0 Å². The number of ketones is 1. The first kappa shape index (κ1) is 14.3. The number of piperidine rings is 1. The van der Waals surface area contributed by atoms with Crippen LogP contribution in [0.1, 0.15) is 44.0 Å². The molecule has 4 heteroatoms. The number of hydrogen-bond donors (Lipinski definition) is 1. The normalized spacial score (nSPS) is 19.6. The van der Waals surface area contributed by atoms with E-state index in [1.807, 2.05) is 17.7 Å². The highest BCUT2D eigenvalue weighted by Crippen LogP contribution is 2.17. The highest BCUT2D eigenvalue weighted by molar-refractivity contribution is 5.80. The average Bonchev–Trinajstić information content (AvgIpc) is 2.77. The van der Waals surface area contributed by atoms with E-state index in [4.69, 9.17) is 0 Å². The molecular weight excluding hydrogens is 238 g/mol. The summed E-state index contributed by atoms with van der Waals surface area (Å²) < 4.78 is 1.94. The van der Waals surface area contributed by atoms with Crippen LogP contribution in [0.2, 0.25) is 0 Å². The van der Waals surface area contributed by atoms with Crippen LogP contribution >= 0.6 is 0 Å². The summed E-state index contributed by atoms with van der Waals surface area (Å²) in [6.45, 7) is 7.10. The second-order valence-corrected chi connectivity index (χ2v) is 5.56. The van der Waals surface area contributed by atoms with E-state index in [0.29, 0.717) is 24.5 Å². The standard InChI is InChI=1S/C15H25N3O/c1-3-18-14(9-12(2)17-18)10-15(19)7-6-13-5-4-8-16-11-13/h9,13,16H,3-8,10-11H2,1-2H3. The largest absolute Gasteiger partial charge is 0.316 e. The number of carbonyl (C=O) groups is 1. The molecule has 1 fully saturated rings. The summed E-state index contributed by atoms with van der Waals surface area (Å²) in [5.41, 5.74) is 2.06. The van der Waals surface area contributed by atoms with Crippen LogP contribution in [0.4, 0.5) is 0 Å². The fourth-order valence-corrected chi connectivity index (χ4v) is 2.84. The Kier molecular flexibility index (Phi) is 5.14. The van der Waals surface area contributed by atoms with Crippen LogP contribution in [0.3, 0.4) is 0 Å². The molecule has 1 aromatic heterocycles. The molecule has 1 aliphatic rings. The summed E-state index contributed by atoms with van der Waals surface area (Å²) in [5, 5.41) is 7.79. The van der Waals surface area contributed by atoms with Crippen LogP contribution < -0.4 is 5.32 Å². The number of hydrogen-bond acceptors (Lipinski definition) is 3. The zero-order valence-corrected chi connectivity index (χ0v) is 12.1. The summed E-state index contributed by atoms with van der Waals surface area (Å²) in [6.07, 6.45) is 4.80. The summed E-state index contributed by atoms with van der Waals surface area (Å²) in [4.78, 5) is 12.1. The first-order valence-electron chi connectivity index (χ1n) is 7.44. The number of rotatable bonds is 6. The van der Waals surface area contributed by atoms with Gasteiger partial charge in [-0.3, -0.25) is 9.48 Å². The lowest BCUT2D eigenvalue weighted by atomic mass is 9.93. The van der Waals surface area contributed by atoms with E-state index in [-0.39, 0.29) is 0 Å². The Labute approximate surface area is 115 Å². The number of carbonyl (C=O) groups excluding carboxylic acids is 1. The molecule has 0 spiro atoms. The van der Waals surface area contributed by atoms with Gasteiger partial charge in [0.15, 0.2) is 0 Å². The van der Waals surface area contributed by atoms with Crippen LogP contribution in [0, 0.1) is 12.8 Å². The lowest BCUT2D eigenvalue weighted by Gasteiger charge is -2.22. The molecule has 1 aliphatic heterocycles. The fourth-order valence-electron chi connectivity index (χ4n) is 2.84. The second kappa shape index (κ2) is 6.85. The minimum absolute atomic E-state index is 0.347. The molecule has 4 nitrogen and oxygen atoms in total. The molecule has 0 amide bonds. The van der Waals surface area contributed by atoms with Crippen molar-refractivity contribution in [1.82, 2.24) is 15.1 Å². The summed E-state index contributed by atoms with van der Waals surface area (Å²) in [6, 6.07) is 2.03. The molecule has 2 heterocycles. The van der Waals surface area contributed by atoms with Gasteiger partial charge in [0.1, 0.15) is 5.78 Å². The maximum atomic E-state index is 12.1. The molecule has 0 aliphatic carbocycles. The molecule has 1 N–H and O–H groups in total. The molecule has 1 unspecified atom stereocenters. The molecular formula is C15H25N3O. The average molecular weight is 263 g/mol. The van der Waals surface area contributed by atoms with Crippen LogP contribution in [0.5, 0.6) is 0 Å². The number of aromatic nitrogens is 2. The van der Waals surface area contributed by atoms with Gasteiger partial charge in [-0.05, 0) is 58.2 Å². The molecule has 2 rings (SSSR count). The minimum atomic E-state index is 0.347. The van der Waals surface area contributed by atoms with Gasteiger partial charge in [0.2, 0.25) is 0 Å². The highest BCUT2D eigenvalue weighted by atomic mass is 16.1. The summed E-state index contributed by atoms with van der Waals surface area (Å²) in [7, 11) is 0. The molecule has 0 saturated carbocycles. The highest BCUT2D eigenvalue weighted by Gasteiger charge is 2.15. The Bertz CT molecular complexity index is 419. The van der Waals surface area contributed by atoms with Crippen molar-refractivity contribution in [3.63, 3.8) is 0 Å². The van der Waals surface area contributed by atoms with Gasteiger partial charge >= 0.3 is 0 Å². The molecule has 19 heavy (non-hydrogen) atoms. The van der Waals surface area contributed by atoms with Crippen LogP contribution in [-0.2, 0) is 17.8 Å². The van der Waals surface area contributed by atoms with E-state index >= 15 is 0 Å². The van der Waals surface area contributed by atoms with Gasteiger partial charge in [-0.15, -0.1) is 0 Å².